The number of likely N-dealkylation sites (tertiary alicyclic amines) is 2. The number of rotatable bonds is 11. The number of piperidine rings is 1. The van der Waals surface area contributed by atoms with Gasteiger partial charge in [-0.25, -0.2) is 0 Å². The lowest BCUT2D eigenvalue weighted by Gasteiger charge is -2.53. The first-order chi connectivity index (χ1) is 21.1. The predicted molar refractivity (Wildman–Crippen MR) is 171 cm³/mol. The lowest BCUT2D eigenvalue weighted by molar-refractivity contribution is -0.164. The molecule has 0 bridgehead atoms. The molecule has 2 unspecified atom stereocenters. The number of piperazine rings is 1. The smallest absolute Gasteiger partial charge is 0.246 e. The zero-order valence-corrected chi connectivity index (χ0v) is 25.4. The zero-order chi connectivity index (χ0) is 29.5. The van der Waals surface area contributed by atoms with Gasteiger partial charge in [-0.3, -0.25) is 14.5 Å². The van der Waals surface area contributed by atoms with Crippen molar-refractivity contribution in [2.75, 3.05) is 32.7 Å². The van der Waals surface area contributed by atoms with Crippen molar-refractivity contribution in [3.63, 3.8) is 0 Å². The van der Waals surface area contributed by atoms with Crippen molar-refractivity contribution in [3.05, 3.63) is 108 Å². The first-order valence-corrected chi connectivity index (χ1v) is 16.3. The quantitative estimate of drug-likeness (QED) is 0.323. The molecule has 0 aliphatic carbocycles. The fraction of sp³-hybridized carbons (Fsp3) is 0.459. The van der Waals surface area contributed by atoms with Crippen LogP contribution < -0.4 is 5.32 Å². The molecule has 2 atom stereocenters. The fourth-order valence-electron chi connectivity index (χ4n) is 7.47. The second-order valence-corrected chi connectivity index (χ2v) is 12.8. The summed E-state index contributed by atoms with van der Waals surface area (Å²) in [5, 5.41) is 3.21. The van der Waals surface area contributed by atoms with Gasteiger partial charge in [-0.15, -0.1) is 0 Å². The van der Waals surface area contributed by atoms with Crippen LogP contribution in [0.5, 0.6) is 0 Å². The van der Waals surface area contributed by atoms with Gasteiger partial charge in [0.1, 0.15) is 11.6 Å². The van der Waals surface area contributed by atoms with E-state index in [0.29, 0.717) is 19.3 Å². The summed E-state index contributed by atoms with van der Waals surface area (Å²) in [6.07, 6.45) is 7.59. The number of amides is 2. The molecule has 3 heterocycles. The molecular formula is C37H46N4O2. The summed E-state index contributed by atoms with van der Waals surface area (Å²) in [6.45, 7) is 5.42. The number of benzene rings is 3. The van der Waals surface area contributed by atoms with Crippen molar-refractivity contribution >= 4 is 11.8 Å². The molecule has 43 heavy (non-hydrogen) atoms. The Balaban J connectivity index is 1.11. The van der Waals surface area contributed by atoms with Crippen molar-refractivity contribution in [1.82, 2.24) is 20.0 Å². The highest BCUT2D eigenvalue weighted by molar-refractivity contribution is 6.00. The molecule has 0 saturated carbocycles. The molecule has 0 radical (unpaired) electrons. The Kier molecular flexibility index (Phi) is 9.55. The molecule has 3 aliphatic rings. The van der Waals surface area contributed by atoms with Gasteiger partial charge >= 0.3 is 0 Å². The van der Waals surface area contributed by atoms with Gasteiger partial charge in [-0.05, 0) is 61.8 Å². The van der Waals surface area contributed by atoms with Crippen molar-refractivity contribution in [2.45, 2.75) is 75.5 Å². The third-order valence-electron chi connectivity index (χ3n) is 9.83. The van der Waals surface area contributed by atoms with Crippen LogP contribution in [-0.4, -0.2) is 76.9 Å². The van der Waals surface area contributed by atoms with Crippen LogP contribution in [0.3, 0.4) is 0 Å². The average molecular weight is 579 g/mol. The summed E-state index contributed by atoms with van der Waals surface area (Å²) in [4.78, 5) is 35.4. The Hall–Kier alpha value is -3.48. The molecule has 3 aromatic carbocycles. The molecule has 6 nitrogen and oxygen atoms in total. The monoisotopic (exact) mass is 578 g/mol. The Morgan fingerprint density at radius 2 is 1.33 bits per heavy atom. The van der Waals surface area contributed by atoms with Gasteiger partial charge in [0.2, 0.25) is 11.8 Å². The summed E-state index contributed by atoms with van der Waals surface area (Å²) < 4.78 is 0. The lowest BCUT2D eigenvalue weighted by Crippen LogP contribution is -2.75. The number of nitrogens with one attached hydrogen (secondary N) is 1. The first-order valence-electron chi connectivity index (χ1n) is 16.3. The van der Waals surface area contributed by atoms with Crippen LogP contribution in [0, 0.1) is 0 Å². The lowest BCUT2D eigenvalue weighted by atomic mass is 9.79. The van der Waals surface area contributed by atoms with E-state index in [9.17, 15) is 9.59 Å². The van der Waals surface area contributed by atoms with Crippen molar-refractivity contribution < 1.29 is 9.59 Å². The van der Waals surface area contributed by atoms with Crippen LogP contribution in [-0.2, 0) is 29.0 Å². The van der Waals surface area contributed by atoms with E-state index in [2.05, 4.69) is 80.7 Å². The maximum Gasteiger partial charge on any atom is 0.246 e. The summed E-state index contributed by atoms with van der Waals surface area (Å²) in [5.74, 6) is 0.154. The summed E-state index contributed by atoms with van der Waals surface area (Å²) in [7, 11) is 0. The van der Waals surface area contributed by atoms with Crippen LogP contribution in [0.4, 0.5) is 0 Å². The number of nitrogens with zero attached hydrogens (tertiary/aromatic N) is 3. The van der Waals surface area contributed by atoms with E-state index in [1.54, 1.807) is 0 Å². The van der Waals surface area contributed by atoms with Crippen molar-refractivity contribution in [2.24, 2.45) is 0 Å². The molecule has 6 rings (SSSR count). The minimum Gasteiger partial charge on any atom is -0.342 e. The maximum atomic E-state index is 14.3. The van der Waals surface area contributed by atoms with Gasteiger partial charge in [0.05, 0.1) is 0 Å². The Bertz CT molecular complexity index is 1320. The van der Waals surface area contributed by atoms with E-state index in [1.807, 2.05) is 30.3 Å². The van der Waals surface area contributed by atoms with E-state index in [4.69, 9.17) is 0 Å². The SMILES string of the molecule is O=C1C(Cc2ccccc2)NC(=O)C2(CCN(CCCCCc3ccccc3)CC2)N1C1CCN(Cc2ccccc2)C1. The van der Waals surface area contributed by atoms with Gasteiger partial charge in [-0.1, -0.05) is 97.4 Å². The minimum atomic E-state index is -0.749. The number of carbonyl (C=O) groups excluding carboxylic acids is 2. The first kappa shape index (κ1) is 29.6. The Morgan fingerprint density at radius 1 is 0.698 bits per heavy atom. The highest BCUT2D eigenvalue weighted by Crippen LogP contribution is 2.37. The van der Waals surface area contributed by atoms with Crippen LogP contribution >= 0.6 is 0 Å². The summed E-state index contributed by atoms with van der Waals surface area (Å²) in [6, 6.07) is 30.9. The molecule has 3 aromatic rings. The third-order valence-corrected chi connectivity index (χ3v) is 9.83. The van der Waals surface area contributed by atoms with Gasteiger partial charge < -0.3 is 15.1 Å². The standard InChI is InChI=1S/C37H46N4O2/c42-35-34(27-31-16-7-2-8-17-31)38-36(43)37(41(35)33-20-24-40(29-33)28-32-18-9-3-10-19-32)21-25-39(26-22-37)23-12-4-11-15-30-13-5-1-6-14-30/h1-3,5-10,13-14,16-19,33-34H,4,11-12,15,20-29H2,(H,38,43). The van der Waals surface area contributed by atoms with Gasteiger partial charge in [0, 0.05) is 45.2 Å². The second kappa shape index (κ2) is 13.9. The predicted octanol–water partition coefficient (Wildman–Crippen LogP) is 5.08. The Morgan fingerprint density at radius 3 is 2.00 bits per heavy atom. The summed E-state index contributed by atoms with van der Waals surface area (Å²) >= 11 is 0. The highest BCUT2D eigenvalue weighted by atomic mass is 16.2. The molecule has 0 aromatic heterocycles. The van der Waals surface area contributed by atoms with Gasteiger partial charge in [-0.2, -0.15) is 0 Å². The second-order valence-electron chi connectivity index (χ2n) is 12.8. The van der Waals surface area contributed by atoms with Crippen LogP contribution in [0.25, 0.3) is 0 Å². The van der Waals surface area contributed by atoms with Crippen LogP contribution in [0.15, 0.2) is 91.0 Å². The number of aryl methyl sites for hydroxylation is 1. The number of hydrogen-bond donors (Lipinski definition) is 1. The topological polar surface area (TPSA) is 55.9 Å². The maximum absolute atomic E-state index is 14.3. The van der Waals surface area contributed by atoms with E-state index in [1.165, 1.54) is 30.4 Å². The molecule has 6 heteroatoms. The summed E-state index contributed by atoms with van der Waals surface area (Å²) in [5.41, 5.74) is 3.03. The van der Waals surface area contributed by atoms with Crippen molar-refractivity contribution in [1.29, 1.82) is 0 Å². The Labute approximate surface area is 257 Å². The zero-order valence-electron chi connectivity index (χ0n) is 25.4. The average Bonchev–Trinajstić information content (AvgIpc) is 3.49. The molecule has 3 fully saturated rings. The van der Waals surface area contributed by atoms with Crippen LogP contribution in [0.2, 0.25) is 0 Å². The molecule has 1 spiro atoms. The van der Waals surface area contributed by atoms with Gasteiger partial charge in [0.15, 0.2) is 0 Å². The normalized spacial score (nSPS) is 22.7. The third kappa shape index (κ3) is 7.02. The molecule has 3 aliphatic heterocycles. The number of carbonyl (C=O) groups is 2. The molecule has 226 valence electrons. The minimum absolute atomic E-state index is 0.0528. The van der Waals surface area contributed by atoms with E-state index in [-0.39, 0.29) is 17.9 Å². The van der Waals surface area contributed by atoms with Crippen molar-refractivity contribution in [3.8, 4) is 0 Å². The van der Waals surface area contributed by atoms with E-state index >= 15 is 0 Å². The van der Waals surface area contributed by atoms with Gasteiger partial charge in [0.25, 0.3) is 0 Å². The van der Waals surface area contributed by atoms with Crippen LogP contribution in [0.1, 0.15) is 55.2 Å². The molecule has 1 N–H and O–H groups in total. The molecular weight excluding hydrogens is 532 g/mol. The van der Waals surface area contributed by atoms with E-state index in [0.717, 1.165) is 57.7 Å². The molecule has 2 amide bonds. The largest absolute Gasteiger partial charge is 0.342 e. The molecule has 3 saturated heterocycles. The fourth-order valence-corrected chi connectivity index (χ4v) is 7.47. The number of unbranched alkanes of at least 4 members (excludes halogenated alkanes) is 2. The van der Waals surface area contributed by atoms with E-state index < -0.39 is 11.6 Å². The number of hydrogen-bond acceptors (Lipinski definition) is 4. The highest BCUT2D eigenvalue weighted by Gasteiger charge is 2.56.